The lowest BCUT2D eigenvalue weighted by molar-refractivity contribution is -0.140. The van der Waals surface area contributed by atoms with Crippen LogP contribution in [0.15, 0.2) is 60.7 Å². The Morgan fingerprint density at radius 2 is 1.63 bits per heavy atom. The number of carbonyl (C=O) groups excluding carboxylic acids is 4. The second-order valence-electron chi connectivity index (χ2n) is 7.85. The number of ether oxygens (including phenoxy) is 1. The second kappa shape index (κ2) is 10.6. The highest BCUT2D eigenvalue weighted by Crippen LogP contribution is 2.26. The molecule has 0 atom stereocenters. The van der Waals surface area contributed by atoms with Crippen molar-refractivity contribution in [2.75, 3.05) is 33.3 Å². The molecule has 0 aliphatic carbocycles. The molecule has 2 heterocycles. The van der Waals surface area contributed by atoms with E-state index < -0.39 is 17.7 Å². The van der Waals surface area contributed by atoms with Crippen LogP contribution in [0.25, 0.3) is 10.9 Å². The van der Waals surface area contributed by atoms with Crippen LogP contribution in [0, 0.1) is 0 Å². The first-order chi connectivity index (χ1) is 17.0. The number of nitrogens with zero attached hydrogens (tertiary/aromatic N) is 3. The third-order valence-electron chi connectivity index (χ3n) is 5.55. The van der Waals surface area contributed by atoms with Crippen molar-refractivity contribution >= 4 is 34.5 Å². The zero-order chi connectivity index (χ0) is 24.8. The normalized spacial score (nSPS) is 12.9. The van der Waals surface area contributed by atoms with Crippen LogP contribution in [-0.2, 0) is 9.59 Å². The fourth-order valence-electron chi connectivity index (χ4n) is 3.82. The third kappa shape index (κ3) is 5.37. The number of hydrogen-bond acceptors (Lipinski definition) is 6. The number of aromatic nitrogens is 1. The molecule has 1 aromatic heterocycles. The second-order valence-corrected chi connectivity index (χ2v) is 7.85. The van der Waals surface area contributed by atoms with Gasteiger partial charge in [0.1, 0.15) is 11.4 Å². The van der Waals surface area contributed by atoms with Crippen molar-refractivity contribution in [2.45, 2.75) is 6.42 Å². The van der Waals surface area contributed by atoms with Gasteiger partial charge in [0.25, 0.3) is 17.7 Å². The zero-order valence-corrected chi connectivity index (χ0v) is 19.2. The fraction of sp³-hybridized carbons (Fsp3) is 0.240. The van der Waals surface area contributed by atoms with E-state index >= 15 is 0 Å². The van der Waals surface area contributed by atoms with Crippen LogP contribution in [0.3, 0.4) is 0 Å². The van der Waals surface area contributed by atoms with Crippen LogP contribution in [-0.4, -0.2) is 71.9 Å². The van der Waals surface area contributed by atoms with Crippen LogP contribution < -0.4 is 15.4 Å². The van der Waals surface area contributed by atoms with Crippen molar-refractivity contribution in [3.63, 3.8) is 0 Å². The number of carbonyl (C=O) groups is 4. The van der Waals surface area contributed by atoms with E-state index in [1.807, 2.05) is 18.2 Å². The molecule has 1 fully saturated rings. The van der Waals surface area contributed by atoms with Crippen molar-refractivity contribution in [1.82, 2.24) is 25.6 Å². The molecule has 2 N–H and O–H groups in total. The zero-order valence-electron chi connectivity index (χ0n) is 19.2. The van der Waals surface area contributed by atoms with Crippen molar-refractivity contribution < 1.29 is 23.9 Å². The summed E-state index contributed by atoms with van der Waals surface area (Å²) < 4.78 is 5.42. The smallest absolute Gasteiger partial charge is 0.291 e. The van der Waals surface area contributed by atoms with Gasteiger partial charge in [-0.1, -0.05) is 30.3 Å². The summed E-state index contributed by atoms with van der Waals surface area (Å²) in [5.41, 5.74) is 1.20. The lowest BCUT2D eigenvalue weighted by atomic mass is 10.1. The van der Waals surface area contributed by atoms with E-state index in [-0.39, 0.29) is 24.7 Å². The molecule has 10 nitrogen and oxygen atoms in total. The predicted molar refractivity (Wildman–Crippen MR) is 127 cm³/mol. The van der Waals surface area contributed by atoms with Gasteiger partial charge >= 0.3 is 0 Å². The van der Waals surface area contributed by atoms with Gasteiger partial charge in [-0.2, -0.15) is 0 Å². The summed E-state index contributed by atoms with van der Waals surface area (Å²) in [5, 5.41) is 8.42. The van der Waals surface area contributed by atoms with Gasteiger partial charge in [0.2, 0.25) is 5.91 Å². The van der Waals surface area contributed by atoms with E-state index in [9.17, 15) is 19.2 Å². The van der Waals surface area contributed by atoms with Crippen molar-refractivity contribution in [3.05, 3.63) is 71.9 Å². The Bertz CT molecular complexity index is 1260. The van der Waals surface area contributed by atoms with E-state index in [0.29, 0.717) is 36.3 Å². The van der Waals surface area contributed by atoms with Gasteiger partial charge in [0, 0.05) is 30.1 Å². The van der Waals surface area contributed by atoms with Crippen molar-refractivity contribution in [2.24, 2.45) is 0 Å². The first-order valence-electron chi connectivity index (χ1n) is 11.1. The molecule has 2 aromatic carbocycles. The van der Waals surface area contributed by atoms with Gasteiger partial charge in [0.15, 0.2) is 0 Å². The molecule has 10 heteroatoms. The summed E-state index contributed by atoms with van der Waals surface area (Å²) in [7, 11) is 1.52. The van der Waals surface area contributed by atoms with Crippen LogP contribution in [0.1, 0.15) is 27.3 Å². The number of pyridine rings is 1. The average Bonchev–Trinajstić information content (AvgIpc) is 3.40. The minimum Gasteiger partial charge on any atom is -0.496 e. The molecule has 0 bridgehead atoms. The lowest BCUT2D eigenvalue weighted by Crippen LogP contribution is -2.49. The van der Waals surface area contributed by atoms with E-state index in [4.69, 9.17) is 4.74 Å². The molecule has 35 heavy (non-hydrogen) atoms. The Labute approximate surface area is 201 Å². The number of benzene rings is 2. The number of methoxy groups -OCH3 is 1. The molecule has 3 aromatic rings. The highest BCUT2D eigenvalue weighted by atomic mass is 16.5. The quantitative estimate of drug-likeness (QED) is 0.533. The van der Waals surface area contributed by atoms with Gasteiger partial charge in [-0.3, -0.25) is 19.2 Å². The first kappa shape index (κ1) is 23.7. The van der Waals surface area contributed by atoms with E-state index in [0.717, 1.165) is 5.39 Å². The number of para-hydroxylation sites is 1. The molecule has 0 radical (unpaired) electrons. The molecular formula is C25H25N5O5. The first-order valence-corrected chi connectivity index (χ1v) is 11.1. The van der Waals surface area contributed by atoms with Gasteiger partial charge in [-0.25, -0.2) is 15.0 Å². The number of nitrogens with one attached hydrogen (secondary N) is 2. The maximum atomic E-state index is 13.2. The molecule has 4 rings (SSSR count). The largest absolute Gasteiger partial charge is 0.496 e. The van der Waals surface area contributed by atoms with Crippen LogP contribution in [0.5, 0.6) is 5.75 Å². The molecule has 180 valence electrons. The van der Waals surface area contributed by atoms with E-state index in [2.05, 4.69) is 15.6 Å². The minimum atomic E-state index is -0.513. The maximum Gasteiger partial charge on any atom is 0.291 e. The molecule has 0 saturated carbocycles. The average molecular weight is 476 g/mol. The topological polar surface area (TPSA) is 121 Å². The Morgan fingerprint density at radius 1 is 0.914 bits per heavy atom. The lowest BCUT2D eigenvalue weighted by Gasteiger charge is -2.28. The molecule has 1 saturated heterocycles. The van der Waals surface area contributed by atoms with Crippen molar-refractivity contribution in [1.29, 1.82) is 0 Å². The Kier molecular flexibility index (Phi) is 7.20. The predicted octanol–water partition coefficient (Wildman–Crippen LogP) is 1.38. The van der Waals surface area contributed by atoms with Crippen LogP contribution in [0.2, 0.25) is 0 Å². The molecule has 1 aliphatic heterocycles. The number of rotatable bonds is 7. The van der Waals surface area contributed by atoms with Gasteiger partial charge in [-0.05, 0) is 30.7 Å². The molecule has 1 aliphatic rings. The number of fused-ring (bicyclic) bond motifs is 1. The maximum absolute atomic E-state index is 13.2. The highest BCUT2D eigenvalue weighted by Gasteiger charge is 2.32. The third-order valence-corrected chi connectivity index (χ3v) is 5.55. The summed E-state index contributed by atoms with van der Waals surface area (Å²) >= 11 is 0. The number of amides is 4. The summed E-state index contributed by atoms with van der Waals surface area (Å²) in [6, 6.07) is 17.4. The molecular weight excluding hydrogens is 450 g/mol. The van der Waals surface area contributed by atoms with E-state index in [1.54, 1.807) is 42.5 Å². The highest BCUT2D eigenvalue weighted by molar-refractivity contribution is 5.99. The summed E-state index contributed by atoms with van der Waals surface area (Å²) in [6.45, 7) is 0.112. The molecule has 4 amide bonds. The standard InChI is InChI=1S/C25H25N5O5/c1-35-21-14-20(28-19-11-6-5-10-18(19)21)25(34)30-13-7-12-29(30)23(32)16-26-22(31)15-27-24(33)17-8-3-2-4-9-17/h2-6,8-11,14H,7,12-13,15-16H2,1H3,(H,26,31)(H,27,33). The summed E-state index contributed by atoms with van der Waals surface area (Å²) in [6.07, 6.45) is 0.600. The number of hydrazine groups is 1. The Balaban J connectivity index is 1.35. The van der Waals surface area contributed by atoms with Gasteiger partial charge in [0.05, 0.1) is 25.7 Å². The SMILES string of the molecule is COc1cc(C(=O)N2CCCN2C(=O)CNC(=O)CNC(=O)c2ccccc2)nc2ccccc12. The van der Waals surface area contributed by atoms with Gasteiger partial charge < -0.3 is 15.4 Å². The minimum absolute atomic E-state index is 0.160. The molecule has 0 unspecified atom stereocenters. The Hall–Kier alpha value is -4.47. The summed E-state index contributed by atoms with van der Waals surface area (Å²) in [5.74, 6) is -1.25. The van der Waals surface area contributed by atoms with Gasteiger partial charge in [-0.15, -0.1) is 0 Å². The summed E-state index contributed by atoms with van der Waals surface area (Å²) in [4.78, 5) is 54.6. The van der Waals surface area contributed by atoms with Crippen LogP contribution in [0.4, 0.5) is 0 Å². The van der Waals surface area contributed by atoms with Crippen LogP contribution >= 0.6 is 0 Å². The fourth-order valence-corrected chi connectivity index (χ4v) is 3.82. The van der Waals surface area contributed by atoms with Crippen molar-refractivity contribution in [3.8, 4) is 5.75 Å². The number of hydrogen-bond donors (Lipinski definition) is 2. The monoisotopic (exact) mass is 475 g/mol. The molecule has 0 spiro atoms. The Morgan fingerprint density at radius 3 is 2.40 bits per heavy atom. The van der Waals surface area contributed by atoms with E-state index in [1.165, 1.54) is 17.1 Å².